The second kappa shape index (κ2) is 9.59. The SMILES string of the molecule is C=CCNc1c(CCSSCCc2c(NCC=C)c(=O)c2=O)c(=O)c1=O. The molecule has 0 saturated carbocycles. The van der Waals surface area contributed by atoms with Crippen molar-refractivity contribution in [2.24, 2.45) is 0 Å². The summed E-state index contributed by atoms with van der Waals surface area (Å²) in [6.07, 6.45) is 4.30. The summed E-state index contributed by atoms with van der Waals surface area (Å²) in [6, 6.07) is 0. The summed E-state index contributed by atoms with van der Waals surface area (Å²) in [6.45, 7) is 8.03. The van der Waals surface area contributed by atoms with Gasteiger partial charge in [-0.15, -0.1) is 13.2 Å². The van der Waals surface area contributed by atoms with E-state index in [4.69, 9.17) is 0 Å². The molecule has 0 heterocycles. The van der Waals surface area contributed by atoms with Crippen molar-refractivity contribution in [1.29, 1.82) is 0 Å². The molecule has 0 spiro atoms. The van der Waals surface area contributed by atoms with Crippen molar-refractivity contribution in [3.8, 4) is 0 Å². The highest BCUT2D eigenvalue weighted by atomic mass is 33.1. The number of hydrogen-bond donors (Lipinski definition) is 2. The fourth-order valence-corrected chi connectivity index (χ4v) is 4.50. The van der Waals surface area contributed by atoms with Gasteiger partial charge in [-0.2, -0.15) is 0 Å². The first-order chi connectivity index (χ1) is 12.5. The molecule has 0 fully saturated rings. The van der Waals surface area contributed by atoms with E-state index >= 15 is 0 Å². The fraction of sp³-hybridized carbons (Fsp3) is 0.333. The zero-order valence-corrected chi connectivity index (χ0v) is 15.9. The molecule has 6 nitrogen and oxygen atoms in total. The molecular formula is C18H20N2O4S2. The standard InChI is InChI=1S/C18H20N2O4S2/c1-3-7-19-13-11(15(21)17(13)23)5-9-25-26-10-6-12-14(20-8-4-2)18(24)16(12)22/h3-4,19-20H,1-2,5-10H2. The van der Waals surface area contributed by atoms with Gasteiger partial charge in [0.15, 0.2) is 0 Å². The molecule has 0 amide bonds. The van der Waals surface area contributed by atoms with Crippen LogP contribution in [0.2, 0.25) is 0 Å². The Morgan fingerprint density at radius 2 is 1.08 bits per heavy atom. The highest BCUT2D eigenvalue weighted by Crippen LogP contribution is 2.24. The van der Waals surface area contributed by atoms with Gasteiger partial charge in [-0.05, 0) is 12.8 Å². The van der Waals surface area contributed by atoms with Gasteiger partial charge in [0.05, 0.1) is 11.4 Å². The fourth-order valence-electron chi connectivity index (χ4n) is 2.48. The number of nitrogens with one attached hydrogen (secondary N) is 2. The summed E-state index contributed by atoms with van der Waals surface area (Å²) >= 11 is 0. The molecule has 0 unspecified atom stereocenters. The van der Waals surface area contributed by atoms with E-state index in [0.29, 0.717) is 59.9 Å². The second-order valence-electron chi connectivity index (χ2n) is 5.51. The van der Waals surface area contributed by atoms with Crippen molar-refractivity contribution in [3.05, 3.63) is 77.3 Å². The van der Waals surface area contributed by atoms with E-state index in [2.05, 4.69) is 23.8 Å². The van der Waals surface area contributed by atoms with Gasteiger partial charge in [-0.1, -0.05) is 33.7 Å². The monoisotopic (exact) mass is 392 g/mol. The van der Waals surface area contributed by atoms with Crippen LogP contribution in [0.4, 0.5) is 11.4 Å². The Balaban J connectivity index is 1.73. The largest absolute Gasteiger partial charge is 0.378 e. The lowest BCUT2D eigenvalue weighted by atomic mass is 10.0. The Bertz CT molecular complexity index is 857. The Labute approximate surface area is 158 Å². The van der Waals surface area contributed by atoms with E-state index in [-0.39, 0.29) is 0 Å². The zero-order valence-electron chi connectivity index (χ0n) is 14.3. The molecule has 0 aliphatic heterocycles. The Morgan fingerprint density at radius 1 is 0.692 bits per heavy atom. The highest BCUT2D eigenvalue weighted by Gasteiger charge is 2.20. The number of rotatable bonds is 13. The first kappa shape index (κ1) is 20.3. The molecule has 0 radical (unpaired) electrons. The normalized spacial score (nSPS) is 10.9. The first-order valence-corrected chi connectivity index (χ1v) is 10.6. The minimum atomic E-state index is -0.459. The molecular weight excluding hydrogens is 372 g/mol. The van der Waals surface area contributed by atoms with Crippen LogP contribution in [0.5, 0.6) is 0 Å². The second-order valence-corrected chi connectivity index (χ2v) is 8.21. The van der Waals surface area contributed by atoms with Crippen molar-refractivity contribution in [1.82, 2.24) is 0 Å². The molecule has 0 saturated heterocycles. The van der Waals surface area contributed by atoms with Crippen molar-refractivity contribution < 1.29 is 0 Å². The van der Waals surface area contributed by atoms with Crippen LogP contribution in [0.3, 0.4) is 0 Å². The molecule has 2 aromatic rings. The van der Waals surface area contributed by atoms with Gasteiger partial charge in [-0.3, -0.25) is 19.2 Å². The lowest BCUT2D eigenvalue weighted by Gasteiger charge is -2.12. The zero-order chi connectivity index (χ0) is 19.1. The van der Waals surface area contributed by atoms with Crippen LogP contribution in [0.1, 0.15) is 11.1 Å². The molecule has 26 heavy (non-hydrogen) atoms. The highest BCUT2D eigenvalue weighted by molar-refractivity contribution is 8.76. The summed E-state index contributed by atoms with van der Waals surface area (Å²) in [5.74, 6) is 1.37. The van der Waals surface area contributed by atoms with E-state index in [9.17, 15) is 19.2 Å². The van der Waals surface area contributed by atoms with Crippen LogP contribution in [-0.4, -0.2) is 24.6 Å². The molecule has 8 heteroatoms. The summed E-state index contributed by atoms with van der Waals surface area (Å²) < 4.78 is 0. The third kappa shape index (κ3) is 4.37. The number of anilines is 2. The van der Waals surface area contributed by atoms with Crippen LogP contribution in [0.25, 0.3) is 0 Å². The minimum Gasteiger partial charge on any atom is -0.378 e. The van der Waals surface area contributed by atoms with Crippen LogP contribution < -0.4 is 32.3 Å². The summed E-state index contributed by atoms with van der Waals surface area (Å²) in [5.41, 5.74) is 0.155. The third-order valence-corrected chi connectivity index (χ3v) is 6.23. The number of hydrogen-bond acceptors (Lipinski definition) is 8. The van der Waals surface area contributed by atoms with E-state index < -0.39 is 21.7 Å². The van der Waals surface area contributed by atoms with Crippen LogP contribution in [-0.2, 0) is 12.8 Å². The maximum Gasteiger partial charge on any atom is 0.249 e. The molecule has 0 aliphatic carbocycles. The minimum absolute atomic E-state index is 0.405. The maximum absolute atomic E-state index is 11.6. The average molecular weight is 393 g/mol. The molecule has 138 valence electrons. The quantitative estimate of drug-likeness (QED) is 0.228. The summed E-state index contributed by atoms with van der Waals surface area (Å²) in [5, 5.41) is 5.80. The van der Waals surface area contributed by atoms with Gasteiger partial charge in [0.1, 0.15) is 0 Å². The maximum atomic E-state index is 11.6. The van der Waals surface area contributed by atoms with E-state index in [0.717, 1.165) is 0 Å². The van der Waals surface area contributed by atoms with Gasteiger partial charge in [0.2, 0.25) is 21.7 Å². The van der Waals surface area contributed by atoms with Crippen molar-refractivity contribution in [2.45, 2.75) is 12.8 Å². The predicted octanol–water partition coefficient (Wildman–Crippen LogP) is 1.24. The molecule has 2 rings (SSSR count). The Hall–Kier alpha value is -2.06. The summed E-state index contributed by atoms with van der Waals surface area (Å²) in [7, 11) is 3.15. The summed E-state index contributed by atoms with van der Waals surface area (Å²) in [4.78, 5) is 46.2. The van der Waals surface area contributed by atoms with Crippen molar-refractivity contribution in [3.63, 3.8) is 0 Å². The molecule has 0 bridgehead atoms. The lowest BCUT2D eigenvalue weighted by molar-refractivity contribution is 1.07. The first-order valence-electron chi connectivity index (χ1n) is 8.11. The van der Waals surface area contributed by atoms with Crippen LogP contribution >= 0.6 is 21.6 Å². The lowest BCUT2D eigenvalue weighted by Crippen LogP contribution is -2.39. The average Bonchev–Trinajstić information content (AvgIpc) is 2.66. The van der Waals surface area contributed by atoms with E-state index in [1.807, 2.05) is 0 Å². The molecule has 0 atom stereocenters. The van der Waals surface area contributed by atoms with Crippen LogP contribution in [0.15, 0.2) is 44.5 Å². The molecule has 2 aromatic carbocycles. The topological polar surface area (TPSA) is 92.3 Å². The van der Waals surface area contributed by atoms with Crippen molar-refractivity contribution >= 4 is 33.0 Å². The third-order valence-electron chi connectivity index (χ3n) is 3.82. The Kier molecular flexibility index (Phi) is 7.47. The molecule has 0 aromatic heterocycles. The van der Waals surface area contributed by atoms with Gasteiger partial charge in [-0.25, -0.2) is 0 Å². The van der Waals surface area contributed by atoms with Crippen molar-refractivity contribution in [2.75, 3.05) is 35.2 Å². The van der Waals surface area contributed by atoms with Gasteiger partial charge >= 0.3 is 0 Å². The van der Waals surface area contributed by atoms with Gasteiger partial charge < -0.3 is 10.6 Å². The van der Waals surface area contributed by atoms with E-state index in [1.165, 1.54) is 0 Å². The van der Waals surface area contributed by atoms with Crippen LogP contribution in [0, 0.1) is 0 Å². The predicted molar refractivity (Wildman–Crippen MR) is 112 cm³/mol. The molecule has 2 N–H and O–H groups in total. The molecule has 0 aliphatic rings. The van der Waals surface area contributed by atoms with E-state index in [1.54, 1.807) is 33.7 Å². The van der Waals surface area contributed by atoms with Gasteiger partial charge in [0, 0.05) is 35.7 Å². The smallest absolute Gasteiger partial charge is 0.249 e. The Morgan fingerprint density at radius 3 is 1.42 bits per heavy atom. The van der Waals surface area contributed by atoms with Gasteiger partial charge in [0.25, 0.3) is 0 Å².